The Bertz CT molecular complexity index is 1510. The molecule has 180 valence electrons. The van der Waals surface area contributed by atoms with Crippen molar-refractivity contribution in [2.75, 3.05) is 19.6 Å². The molecule has 0 bridgehead atoms. The van der Waals surface area contributed by atoms with E-state index in [1.54, 1.807) is 16.7 Å². The maximum Gasteiger partial charge on any atom is 0.326 e. The molecule has 0 atom stereocenters. The lowest BCUT2D eigenvalue weighted by atomic mass is 10.0. The second kappa shape index (κ2) is 8.33. The molecule has 3 heterocycles. The molecular weight excluding hydrogens is 466 g/mol. The third-order valence-electron chi connectivity index (χ3n) is 6.57. The van der Waals surface area contributed by atoms with E-state index in [1.165, 1.54) is 4.57 Å². The smallest absolute Gasteiger partial charge is 0.326 e. The molecule has 0 saturated carbocycles. The van der Waals surface area contributed by atoms with Gasteiger partial charge >= 0.3 is 11.4 Å². The number of phenolic OH excluding ortho intramolecular Hbond substituents is 4. The van der Waals surface area contributed by atoms with Crippen molar-refractivity contribution in [2.24, 2.45) is 0 Å². The minimum absolute atomic E-state index is 0.0599. The van der Waals surface area contributed by atoms with E-state index < -0.39 is 28.7 Å². The Morgan fingerprint density at radius 1 is 0.912 bits per heavy atom. The highest BCUT2D eigenvalue weighted by atomic mass is 35.5. The SMILES string of the molecule is O=c1[nH]c2c(O)c(O)c(O)c(O)c2n1CCCN1CCC(n2c(=O)[nH]c3cc(Cl)ccc32)CC1. The highest BCUT2D eigenvalue weighted by Gasteiger charge is 2.25. The second-order valence-corrected chi connectivity index (χ2v) is 9.02. The van der Waals surface area contributed by atoms with E-state index in [0.29, 0.717) is 18.0 Å². The fraction of sp³-hybridized carbons (Fsp3) is 0.364. The number of benzene rings is 2. The number of likely N-dealkylation sites (tertiary alicyclic amines) is 1. The minimum atomic E-state index is -0.890. The Morgan fingerprint density at radius 2 is 1.62 bits per heavy atom. The first-order valence-corrected chi connectivity index (χ1v) is 11.3. The molecule has 0 amide bonds. The van der Waals surface area contributed by atoms with E-state index in [9.17, 15) is 30.0 Å². The number of rotatable bonds is 5. The van der Waals surface area contributed by atoms with E-state index in [0.717, 1.165) is 37.0 Å². The van der Waals surface area contributed by atoms with Gasteiger partial charge in [0.15, 0.2) is 11.5 Å². The van der Waals surface area contributed by atoms with Gasteiger partial charge in [-0.3, -0.25) is 9.13 Å². The number of nitrogens with one attached hydrogen (secondary N) is 2. The van der Waals surface area contributed by atoms with Gasteiger partial charge in [-0.15, -0.1) is 0 Å². The standard InChI is InChI=1S/C22H24ClN5O6/c23-11-2-3-14-13(10-11)24-22(34)28(14)12-4-8-26(9-5-12)6-1-7-27-16-15(25-21(27)33)17(29)19(31)20(32)18(16)30/h2-3,10,12,29-32H,1,4-9H2,(H,24,34)(H,25,33). The first kappa shape index (κ1) is 22.2. The van der Waals surface area contributed by atoms with E-state index in [1.807, 2.05) is 6.07 Å². The zero-order valence-electron chi connectivity index (χ0n) is 18.1. The van der Waals surface area contributed by atoms with Crippen molar-refractivity contribution in [3.8, 4) is 23.0 Å². The van der Waals surface area contributed by atoms with Gasteiger partial charge < -0.3 is 35.3 Å². The average molecular weight is 490 g/mol. The van der Waals surface area contributed by atoms with E-state index in [-0.39, 0.29) is 29.3 Å². The van der Waals surface area contributed by atoms with Crippen molar-refractivity contribution >= 4 is 33.7 Å². The molecule has 2 aromatic carbocycles. The molecule has 1 aliphatic heterocycles. The van der Waals surface area contributed by atoms with Crippen LogP contribution in [0.2, 0.25) is 5.02 Å². The van der Waals surface area contributed by atoms with Crippen LogP contribution in [-0.4, -0.2) is 64.1 Å². The van der Waals surface area contributed by atoms with Gasteiger partial charge in [0.1, 0.15) is 11.0 Å². The normalized spacial score (nSPS) is 15.6. The zero-order chi connectivity index (χ0) is 24.1. The molecule has 1 fully saturated rings. The Hall–Kier alpha value is -3.57. The molecule has 5 rings (SSSR count). The van der Waals surface area contributed by atoms with Crippen LogP contribution in [0.5, 0.6) is 23.0 Å². The number of aromatic amines is 2. The summed E-state index contributed by atoms with van der Waals surface area (Å²) in [5, 5.41) is 40.2. The summed E-state index contributed by atoms with van der Waals surface area (Å²) in [4.78, 5) is 32.4. The van der Waals surface area contributed by atoms with Gasteiger partial charge in [0.2, 0.25) is 11.5 Å². The van der Waals surface area contributed by atoms with Crippen LogP contribution in [0.1, 0.15) is 25.3 Å². The van der Waals surface area contributed by atoms with E-state index in [2.05, 4.69) is 14.9 Å². The number of nitrogens with zero attached hydrogens (tertiary/aromatic N) is 3. The summed E-state index contributed by atoms with van der Waals surface area (Å²) in [7, 11) is 0. The molecule has 11 nitrogen and oxygen atoms in total. The lowest BCUT2D eigenvalue weighted by molar-refractivity contribution is 0.183. The van der Waals surface area contributed by atoms with Gasteiger partial charge in [-0.05, 0) is 44.0 Å². The number of aromatic hydroxyl groups is 4. The minimum Gasteiger partial charge on any atom is -0.503 e. The quantitative estimate of drug-likeness (QED) is 0.185. The van der Waals surface area contributed by atoms with Crippen LogP contribution in [0.4, 0.5) is 0 Å². The average Bonchev–Trinajstić information content (AvgIpc) is 3.32. The van der Waals surface area contributed by atoms with Crippen LogP contribution in [0.15, 0.2) is 27.8 Å². The number of hydrogen-bond acceptors (Lipinski definition) is 7. The van der Waals surface area contributed by atoms with Gasteiger partial charge in [-0.2, -0.15) is 0 Å². The molecule has 0 unspecified atom stereocenters. The summed E-state index contributed by atoms with van der Waals surface area (Å²) in [6.45, 7) is 2.47. The van der Waals surface area contributed by atoms with Crippen molar-refractivity contribution < 1.29 is 20.4 Å². The number of aryl methyl sites for hydroxylation is 1. The third-order valence-corrected chi connectivity index (χ3v) is 6.81. The van der Waals surface area contributed by atoms with Gasteiger partial charge in [-0.1, -0.05) is 11.6 Å². The number of imidazole rings is 2. The summed E-state index contributed by atoms with van der Waals surface area (Å²) in [6, 6.07) is 5.44. The van der Waals surface area contributed by atoms with Crippen LogP contribution < -0.4 is 11.4 Å². The lowest BCUT2D eigenvalue weighted by Crippen LogP contribution is -2.37. The third kappa shape index (κ3) is 3.57. The summed E-state index contributed by atoms with van der Waals surface area (Å²) < 4.78 is 3.03. The molecule has 1 saturated heterocycles. The highest BCUT2D eigenvalue weighted by Crippen LogP contribution is 2.47. The largest absolute Gasteiger partial charge is 0.503 e. The van der Waals surface area contributed by atoms with Crippen molar-refractivity contribution in [1.82, 2.24) is 24.0 Å². The molecular formula is C22H24ClN5O6. The lowest BCUT2D eigenvalue weighted by Gasteiger charge is -2.32. The molecule has 2 aromatic heterocycles. The number of H-pyrrole nitrogens is 2. The summed E-state index contributed by atoms with van der Waals surface area (Å²) >= 11 is 6.03. The monoisotopic (exact) mass is 489 g/mol. The zero-order valence-corrected chi connectivity index (χ0v) is 18.8. The molecule has 6 N–H and O–H groups in total. The number of halogens is 1. The summed E-state index contributed by atoms with van der Waals surface area (Å²) in [5.74, 6) is -3.14. The van der Waals surface area contributed by atoms with Gasteiger partial charge in [0.25, 0.3) is 0 Å². The Morgan fingerprint density at radius 3 is 2.35 bits per heavy atom. The molecule has 1 aliphatic rings. The van der Waals surface area contributed by atoms with Crippen molar-refractivity contribution in [2.45, 2.75) is 31.8 Å². The molecule has 12 heteroatoms. The molecule has 0 radical (unpaired) electrons. The van der Waals surface area contributed by atoms with Crippen LogP contribution >= 0.6 is 11.6 Å². The van der Waals surface area contributed by atoms with Crippen LogP contribution in [0, 0.1) is 0 Å². The van der Waals surface area contributed by atoms with E-state index in [4.69, 9.17) is 11.6 Å². The first-order chi connectivity index (χ1) is 16.3. The van der Waals surface area contributed by atoms with Crippen LogP contribution in [-0.2, 0) is 6.54 Å². The Labute approximate surface area is 197 Å². The van der Waals surface area contributed by atoms with Crippen molar-refractivity contribution in [3.05, 3.63) is 44.2 Å². The summed E-state index contributed by atoms with van der Waals surface area (Å²) in [5.41, 5.74) is 0.649. The first-order valence-electron chi connectivity index (χ1n) is 11.0. The topological polar surface area (TPSA) is 160 Å². The number of hydrogen-bond donors (Lipinski definition) is 6. The van der Waals surface area contributed by atoms with Gasteiger partial charge in [-0.25, -0.2) is 9.59 Å². The van der Waals surface area contributed by atoms with Crippen LogP contribution in [0.3, 0.4) is 0 Å². The van der Waals surface area contributed by atoms with Crippen molar-refractivity contribution in [1.29, 1.82) is 0 Å². The number of aromatic nitrogens is 4. The number of fused-ring (bicyclic) bond motifs is 2. The fourth-order valence-electron chi connectivity index (χ4n) is 4.88. The molecule has 4 aromatic rings. The maximum absolute atomic E-state index is 12.5. The van der Waals surface area contributed by atoms with Gasteiger partial charge in [0, 0.05) is 30.7 Å². The van der Waals surface area contributed by atoms with Crippen molar-refractivity contribution in [3.63, 3.8) is 0 Å². The molecule has 0 aliphatic carbocycles. The predicted octanol–water partition coefficient (Wildman–Crippen LogP) is 2.18. The second-order valence-electron chi connectivity index (χ2n) is 8.59. The number of piperidine rings is 1. The van der Waals surface area contributed by atoms with Gasteiger partial charge in [0.05, 0.1) is 11.0 Å². The molecule has 0 spiro atoms. The Balaban J connectivity index is 1.25. The number of phenols is 4. The highest BCUT2D eigenvalue weighted by molar-refractivity contribution is 6.31. The molecule has 34 heavy (non-hydrogen) atoms. The predicted molar refractivity (Wildman–Crippen MR) is 126 cm³/mol. The summed E-state index contributed by atoms with van der Waals surface area (Å²) in [6.07, 6.45) is 2.17. The Kier molecular flexibility index (Phi) is 5.45. The fourth-order valence-corrected chi connectivity index (χ4v) is 5.05. The van der Waals surface area contributed by atoms with E-state index >= 15 is 0 Å². The van der Waals surface area contributed by atoms with Crippen LogP contribution in [0.25, 0.3) is 22.1 Å². The maximum atomic E-state index is 12.5.